The Morgan fingerprint density at radius 2 is 2.20 bits per heavy atom. The second kappa shape index (κ2) is 7.23. The van der Waals surface area contributed by atoms with Crippen LogP contribution in [0.4, 0.5) is 0 Å². The molecule has 4 heteroatoms. The molecule has 1 aromatic heterocycles. The second-order valence-electron chi connectivity index (χ2n) is 6.17. The van der Waals surface area contributed by atoms with Gasteiger partial charge in [0.05, 0.1) is 12.2 Å². The van der Waals surface area contributed by atoms with Crippen LogP contribution >= 0.6 is 0 Å². The number of nitrogens with two attached hydrogens (primary N) is 1. The second-order valence-corrected chi connectivity index (χ2v) is 6.17. The maximum Gasteiger partial charge on any atom is 0.110 e. The Morgan fingerprint density at radius 3 is 2.75 bits per heavy atom. The molecule has 4 nitrogen and oxygen atoms in total. The smallest absolute Gasteiger partial charge is 0.110 e. The SMILES string of the molecule is CCCC1CCC(CN)(OCCc2nccn2C)CC1. The van der Waals surface area contributed by atoms with Crippen LogP contribution in [0.1, 0.15) is 51.3 Å². The third-order valence-electron chi connectivity index (χ3n) is 4.74. The van der Waals surface area contributed by atoms with Gasteiger partial charge in [-0.3, -0.25) is 0 Å². The summed E-state index contributed by atoms with van der Waals surface area (Å²) in [6.07, 6.45) is 12.1. The molecule has 0 atom stereocenters. The summed E-state index contributed by atoms with van der Waals surface area (Å²) in [6, 6.07) is 0. The number of hydrogen-bond acceptors (Lipinski definition) is 3. The zero-order chi connectivity index (χ0) is 14.4. The normalized spacial score (nSPS) is 26.9. The Kier molecular flexibility index (Phi) is 5.61. The van der Waals surface area contributed by atoms with Crippen molar-refractivity contribution in [2.24, 2.45) is 18.7 Å². The van der Waals surface area contributed by atoms with Crippen LogP contribution in [0.5, 0.6) is 0 Å². The molecule has 1 aliphatic carbocycles. The summed E-state index contributed by atoms with van der Waals surface area (Å²) in [5.41, 5.74) is 5.93. The Bertz CT molecular complexity index is 394. The van der Waals surface area contributed by atoms with Gasteiger partial charge in [-0.25, -0.2) is 4.98 Å². The number of ether oxygens (including phenoxy) is 1. The van der Waals surface area contributed by atoms with E-state index < -0.39 is 0 Å². The van der Waals surface area contributed by atoms with Gasteiger partial charge >= 0.3 is 0 Å². The van der Waals surface area contributed by atoms with Crippen LogP contribution in [-0.2, 0) is 18.2 Å². The molecule has 1 aromatic rings. The van der Waals surface area contributed by atoms with E-state index in [1.165, 1.54) is 25.7 Å². The topological polar surface area (TPSA) is 53.1 Å². The molecule has 0 radical (unpaired) electrons. The number of hydrogen-bond donors (Lipinski definition) is 1. The monoisotopic (exact) mass is 279 g/mol. The Hall–Kier alpha value is -0.870. The first-order valence-corrected chi connectivity index (χ1v) is 7.99. The van der Waals surface area contributed by atoms with Crippen molar-refractivity contribution in [1.82, 2.24) is 9.55 Å². The average Bonchev–Trinajstić information content (AvgIpc) is 2.87. The van der Waals surface area contributed by atoms with Gasteiger partial charge in [-0.05, 0) is 31.6 Å². The zero-order valence-electron chi connectivity index (χ0n) is 13.0. The fourth-order valence-electron chi connectivity index (χ4n) is 3.30. The lowest BCUT2D eigenvalue weighted by Gasteiger charge is -2.39. The minimum Gasteiger partial charge on any atom is -0.373 e. The molecule has 2 rings (SSSR count). The molecule has 0 amide bonds. The van der Waals surface area contributed by atoms with Crippen LogP contribution in [0, 0.1) is 5.92 Å². The van der Waals surface area contributed by atoms with Gasteiger partial charge in [0.1, 0.15) is 5.82 Å². The van der Waals surface area contributed by atoms with Crippen molar-refractivity contribution < 1.29 is 4.74 Å². The van der Waals surface area contributed by atoms with E-state index in [-0.39, 0.29) is 5.60 Å². The molecule has 0 saturated heterocycles. The molecule has 0 spiro atoms. The van der Waals surface area contributed by atoms with Gasteiger partial charge < -0.3 is 15.0 Å². The fourth-order valence-corrected chi connectivity index (χ4v) is 3.30. The van der Waals surface area contributed by atoms with Crippen LogP contribution in [0.15, 0.2) is 12.4 Å². The molecule has 1 fully saturated rings. The highest BCUT2D eigenvalue weighted by Gasteiger charge is 2.34. The van der Waals surface area contributed by atoms with Gasteiger partial charge in [-0.15, -0.1) is 0 Å². The molecular formula is C16H29N3O. The van der Waals surface area contributed by atoms with Gasteiger partial charge in [0.25, 0.3) is 0 Å². The van der Waals surface area contributed by atoms with Crippen molar-refractivity contribution in [2.75, 3.05) is 13.2 Å². The van der Waals surface area contributed by atoms with Crippen molar-refractivity contribution in [1.29, 1.82) is 0 Å². The third kappa shape index (κ3) is 3.83. The van der Waals surface area contributed by atoms with Crippen molar-refractivity contribution in [2.45, 2.75) is 57.5 Å². The molecule has 1 heterocycles. The lowest BCUT2D eigenvalue weighted by atomic mass is 9.77. The van der Waals surface area contributed by atoms with Gasteiger partial charge in [-0.1, -0.05) is 19.8 Å². The van der Waals surface area contributed by atoms with Crippen molar-refractivity contribution in [3.63, 3.8) is 0 Å². The molecule has 1 aliphatic rings. The van der Waals surface area contributed by atoms with Crippen molar-refractivity contribution >= 4 is 0 Å². The number of rotatable bonds is 7. The summed E-state index contributed by atoms with van der Waals surface area (Å²) in [5.74, 6) is 1.97. The summed E-state index contributed by atoms with van der Waals surface area (Å²) < 4.78 is 8.25. The molecule has 0 aromatic carbocycles. The highest BCUT2D eigenvalue weighted by atomic mass is 16.5. The van der Waals surface area contributed by atoms with Gasteiger partial charge in [-0.2, -0.15) is 0 Å². The lowest BCUT2D eigenvalue weighted by Crippen LogP contribution is -2.44. The Labute approximate surface area is 122 Å². The maximum atomic E-state index is 6.20. The van der Waals surface area contributed by atoms with E-state index in [4.69, 9.17) is 10.5 Å². The fraction of sp³-hybridized carbons (Fsp3) is 0.812. The molecule has 0 unspecified atom stereocenters. The van der Waals surface area contributed by atoms with E-state index in [1.807, 2.05) is 19.4 Å². The van der Waals surface area contributed by atoms with Crippen LogP contribution < -0.4 is 5.73 Å². The summed E-state index contributed by atoms with van der Waals surface area (Å²) >= 11 is 0. The molecule has 20 heavy (non-hydrogen) atoms. The molecule has 2 N–H and O–H groups in total. The molecule has 114 valence electrons. The average molecular weight is 279 g/mol. The number of aromatic nitrogens is 2. The predicted molar refractivity (Wildman–Crippen MR) is 81.5 cm³/mol. The van der Waals surface area contributed by atoms with E-state index in [9.17, 15) is 0 Å². The highest BCUT2D eigenvalue weighted by Crippen LogP contribution is 2.36. The number of aryl methyl sites for hydroxylation is 1. The molecular weight excluding hydrogens is 250 g/mol. The van der Waals surface area contributed by atoms with E-state index in [0.717, 1.165) is 37.6 Å². The predicted octanol–water partition coefficient (Wildman–Crippen LogP) is 2.67. The van der Waals surface area contributed by atoms with Crippen molar-refractivity contribution in [3.05, 3.63) is 18.2 Å². The van der Waals surface area contributed by atoms with E-state index in [0.29, 0.717) is 6.54 Å². The van der Waals surface area contributed by atoms with Gasteiger partial charge in [0.2, 0.25) is 0 Å². The molecule has 0 bridgehead atoms. The molecule has 0 aliphatic heterocycles. The van der Waals surface area contributed by atoms with Crippen LogP contribution in [0.25, 0.3) is 0 Å². The summed E-state index contributed by atoms with van der Waals surface area (Å²) in [6.45, 7) is 3.64. The van der Waals surface area contributed by atoms with Crippen molar-refractivity contribution in [3.8, 4) is 0 Å². The van der Waals surface area contributed by atoms with Crippen LogP contribution in [0.2, 0.25) is 0 Å². The third-order valence-corrected chi connectivity index (χ3v) is 4.74. The number of imidazole rings is 1. The maximum absolute atomic E-state index is 6.20. The standard InChI is InChI=1S/C16H29N3O/c1-3-4-14-5-8-16(13-17,9-6-14)20-12-7-15-18-10-11-19(15)2/h10-11,14H,3-9,12-13,17H2,1-2H3. The first-order chi connectivity index (χ1) is 9.69. The largest absolute Gasteiger partial charge is 0.373 e. The number of nitrogens with zero attached hydrogens (tertiary/aromatic N) is 2. The summed E-state index contributed by atoms with van der Waals surface area (Å²) in [5, 5.41) is 0. The van der Waals surface area contributed by atoms with E-state index >= 15 is 0 Å². The Morgan fingerprint density at radius 1 is 1.45 bits per heavy atom. The Balaban J connectivity index is 1.79. The quantitative estimate of drug-likeness (QED) is 0.835. The highest BCUT2D eigenvalue weighted by molar-refractivity contribution is 4.92. The minimum absolute atomic E-state index is 0.0740. The van der Waals surface area contributed by atoms with Crippen LogP contribution in [-0.4, -0.2) is 28.3 Å². The van der Waals surface area contributed by atoms with Crippen LogP contribution in [0.3, 0.4) is 0 Å². The van der Waals surface area contributed by atoms with E-state index in [1.54, 1.807) is 0 Å². The first kappa shape index (κ1) is 15.5. The van der Waals surface area contributed by atoms with Gasteiger partial charge in [0.15, 0.2) is 0 Å². The van der Waals surface area contributed by atoms with Gasteiger partial charge in [0, 0.05) is 32.4 Å². The van der Waals surface area contributed by atoms with E-state index in [2.05, 4.69) is 16.5 Å². The summed E-state index contributed by atoms with van der Waals surface area (Å²) in [4.78, 5) is 4.34. The lowest BCUT2D eigenvalue weighted by molar-refractivity contribution is -0.0711. The first-order valence-electron chi connectivity index (χ1n) is 7.99. The molecule has 1 saturated carbocycles. The summed E-state index contributed by atoms with van der Waals surface area (Å²) in [7, 11) is 2.02. The minimum atomic E-state index is -0.0740. The zero-order valence-corrected chi connectivity index (χ0v) is 13.0.